The predicted molar refractivity (Wildman–Crippen MR) is 93.7 cm³/mol. The fourth-order valence-electron chi connectivity index (χ4n) is 2.62. The zero-order valence-corrected chi connectivity index (χ0v) is 15.8. The minimum absolute atomic E-state index is 0.177. The lowest BCUT2D eigenvalue weighted by Gasteiger charge is -2.14. The van der Waals surface area contributed by atoms with Gasteiger partial charge >= 0.3 is 6.18 Å². The van der Waals surface area contributed by atoms with E-state index in [-0.39, 0.29) is 15.6 Å². The Labute approximate surface area is 163 Å². The van der Waals surface area contributed by atoms with Gasteiger partial charge in [0.05, 0.1) is 5.56 Å². The smallest absolute Gasteiger partial charge is 0.350 e. The summed E-state index contributed by atoms with van der Waals surface area (Å²) in [6.07, 6.45) is -3.61. The van der Waals surface area contributed by atoms with Gasteiger partial charge in [-0.25, -0.2) is 14.1 Å². The van der Waals surface area contributed by atoms with Crippen LogP contribution in [0.2, 0.25) is 0 Å². The van der Waals surface area contributed by atoms with Gasteiger partial charge in [-0.1, -0.05) is 6.07 Å². The number of fused-ring (bicyclic) bond motifs is 1. The second kappa shape index (κ2) is 7.34. The number of carbonyl (C=O) groups excluding carboxylic acids is 1. The molecule has 2 heterocycles. The van der Waals surface area contributed by atoms with Crippen molar-refractivity contribution in [2.24, 2.45) is 7.05 Å². The number of hydrogen-bond donors (Lipinski definition) is 1. The highest BCUT2D eigenvalue weighted by molar-refractivity contribution is 9.10. The molecular formula is C16H12BrF4N5O2. The Morgan fingerprint density at radius 2 is 2.04 bits per heavy atom. The molecule has 1 amide bonds. The van der Waals surface area contributed by atoms with Crippen LogP contribution < -0.4 is 10.9 Å². The third-order valence-corrected chi connectivity index (χ3v) is 4.49. The molecule has 0 aliphatic heterocycles. The first-order valence-corrected chi connectivity index (χ1v) is 8.57. The lowest BCUT2D eigenvalue weighted by atomic mass is 10.1. The Bertz CT molecular complexity index is 1120. The van der Waals surface area contributed by atoms with Crippen LogP contribution in [0.3, 0.4) is 0 Å². The third kappa shape index (κ3) is 3.91. The number of alkyl halides is 3. The number of nitrogens with one attached hydrogen (secondary N) is 1. The molecular weight excluding hydrogens is 450 g/mol. The summed E-state index contributed by atoms with van der Waals surface area (Å²) >= 11 is 3.14. The minimum Gasteiger partial charge on any atom is -0.350 e. The number of amides is 1. The van der Waals surface area contributed by atoms with E-state index in [0.717, 1.165) is 23.0 Å². The van der Waals surface area contributed by atoms with E-state index in [9.17, 15) is 27.2 Å². The van der Waals surface area contributed by atoms with E-state index in [1.165, 1.54) is 4.68 Å². The van der Waals surface area contributed by atoms with E-state index in [1.54, 1.807) is 7.05 Å². The van der Waals surface area contributed by atoms with Crippen molar-refractivity contribution in [3.8, 4) is 0 Å². The summed E-state index contributed by atoms with van der Waals surface area (Å²) in [5, 5.41) is 6.48. The average molecular weight is 462 g/mol. The first-order valence-electron chi connectivity index (χ1n) is 7.78. The van der Waals surface area contributed by atoms with Gasteiger partial charge in [0, 0.05) is 13.6 Å². The van der Waals surface area contributed by atoms with Crippen LogP contribution in [0, 0.1) is 5.82 Å². The van der Waals surface area contributed by atoms with Crippen molar-refractivity contribution in [2.75, 3.05) is 0 Å². The van der Waals surface area contributed by atoms with Gasteiger partial charge in [-0.05, 0) is 33.6 Å². The van der Waals surface area contributed by atoms with Gasteiger partial charge in [-0.3, -0.25) is 14.2 Å². The van der Waals surface area contributed by atoms with Crippen molar-refractivity contribution in [1.82, 2.24) is 24.6 Å². The number of halogens is 5. The molecule has 0 fully saturated rings. The van der Waals surface area contributed by atoms with E-state index in [4.69, 9.17) is 0 Å². The van der Waals surface area contributed by atoms with E-state index in [0.29, 0.717) is 11.7 Å². The third-order valence-electron chi connectivity index (χ3n) is 3.94. The number of carbonyl (C=O) groups is 1. The van der Waals surface area contributed by atoms with Crippen LogP contribution in [0.1, 0.15) is 11.1 Å². The topological polar surface area (TPSA) is 81.8 Å². The van der Waals surface area contributed by atoms with Gasteiger partial charge in [-0.15, -0.1) is 0 Å². The maximum atomic E-state index is 13.1. The van der Waals surface area contributed by atoms with Crippen molar-refractivity contribution in [2.45, 2.75) is 19.3 Å². The average Bonchev–Trinajstić information content (AvgIpc) is 2.90. The van der Waals surface area contributed by atoms with Crippen molar-refractivity contribution >= 4 is 32.9 Å². The summed E-state index contributed by atoms with van der Waals surface area (Å²) in [6, 6.07) is 2.19. The molecule has 0 aliphatic carbocycles. The minimum atomic E-state index is -4.76. The Morgan fingerprint density at radius 3 is 2.71 bits per heavy atom. The molecule has 0 radical (unpaired) electrons. The Hall–Kier alpha value is -2.76. The Balaban J connectivity index is 1.78. The summed E-state index contributed by atoms with van der Waals surface area (Å²) in [7, 11) is 1.59. The van der Waals surface area contributed by atoms with E-state index < -0.39 is 42.1 Å². The number of aryl methyl sites for hydroxylation is 1. The van der Waals surface area contributed by atoms with Crippen LogP contribution in [0.15, 0.2) is 33.9 Å². The second-order valence-electron chi connectivity index (χ2n) is 5.87. The SMILES string of the molecule is Cn1nc(Br)c2c(=O)n(CC(=O)NCc3ccc(F)cc3C(F)(F)F)cnc21. The quantitative estimate of drug-likeness (QED) is 0.604. The van der Waals surface area contributed by atoms with E-state index >= 15 is 0 Å². The lowest BCUT2D eigenvalue weighted by Crippen LogP contribution is -2.32. The second-order valence-corrected chi connectivity index (χ2v) is 6.62. The highest BCUT2D eigenvalue weighted by atomic mass is 79.9. The normalized spacial score (nSPS) is 11.8. The molecule has 148 valence electrons. The van der Waals surface area contributed by atoms with Gasteiger partial charge in [0.15, 0.2) is 5.65 Å². The summed E-state index contributed by atoms with van der Waals surface area (Å²) in [4.78, 5) is 28.6. The zero-order chi connectivity index (χ0) is 20.6. The molecule has 7 nitrogen and oxygen atoms in total. The van der Waals surface area contributed by atoms with Crippen LogP contribution >= 0.6 is 15.9 Å². The van der Waals surface area contributed by atoms with Crippen LogP contribution in [0.4, 0.5) is 17.6 Å². The Morgan fingerprint density at radius 1 is 1.32 bits per heavy atom. The number of benzene rings is 1. The molecule has 0 bridgehead atoms. The van der Waals surface area contributed by atoms with E-state index in [2.05, 4.69) is 31.3 Å². The summed E-state index contributed by atoms with van der Waals surface area (Å²) < 4.78 is 54.8. The fraction of sp³-hybridized carbons (Fsp3) is 0.250. The summed E-state index contributed by atoms with van der Waals surface area (Å²) in [5.74, 6) is -1.74. The highest BCUT2D eigenvalue weighted by Gasteiger charge is 2.33. The van der Waals surface area contributed by atoms with Gasteiger partial charge in [0.1, 0.15) is 28.7 Å². The molecule has 0 aliphatic rings. The summed E-state index contributed by atoms with van der Waals surface area (Å²) in [5.41, 5.74) is -1.68. The van der Waals surface area contributed by atoms with Crippen LogP contribution in [-0.2, 0) is 31.1 Å². The molecule has 0 spiro atoms. The largest absolute Gasteiger partial charge is 0.416 e. The standard InChI is InChI=1S/C16H12BrF4N5O2/c1-25-14-12(13(17)24-25)15(28)26(7-23-14)6-11(27)22-5-8-2-3-9(18)4-10(8)16(19,20)21/h2-4,7H,5-6H2,1H3,(H,22,27). The number of hydrogen-bond acceptors (Lipinski definition) is 4. The highest BCUT2D eigenvalue weighted by Crippen LogP contribution is 2.32. The maximum Gasteiger partial charge on any atom is 0.416 e. The van der Waals surface area contributed by atoms with Gasteiger partial charge in [0.2, 0.25) is 5.91 Å². The molecule has 3 rings (SSSR count). The molecule has 28 heavy (non-hydrogen) atoms. The van der Waals surface area contributed by atoms with Crippen LogP contribution in [0.5, 0.6) is 0 Å². The fourth-order valence-corrected chi connectivity index (χ4v) is 3.20. The molecule has 1 N–H and O–H groups in total. The zero-order valence-electron chi connectivity index (χ0n) is 14.2. The number of aromatic nitrogens is 4. The van der Waals surface area contributed by atoms with Crippen molar-refractivity contribution in [3.05, 3.63) is 56.4 Å². The molecule has 0 atom stereocenters. The molecule has 2 aromatic heterocycles. The first kappa shape index (κ1) is 20.0. The molecule has 0 saturated heterocycles. The monoisotopic (exact) mass is 461 g/mol. The molecule has 3 aromatic rings. The molecule has 0 saturated carbocycles. The molecule has 1 aromatic carbocycles. The summed E-state index contributed by atoms with van der Waals surface area (Å²) in [6.45, 7) is -0.930. The maximum absolute atomic E-state index is 13.1. The van der Waals surface area contributed by atoms with Crippen molar-refractivity contribution in [3.63, 3.8) is 0 Å². The number of rotatable bonds is 4. The van der Waals surface area contributed by atoms with Gasteiger partial charge in [0.25, 0.3) is 5.56 Å². The van der Waals surface area contributed by atoms with Crippen LogP contribution in [0.25, 0.3) is 11.0 Å². The molecule has 0 unspecified atom stereocenters. The van der Waals surface area contributed by atoms with Crippen LogP contribution in [-0.4, -0.2) is 25.2 Å². The predicted octanol–water partition coefficient (Wildman–Crippen LogP) is 2.37. The van der Waals surface area contributed by atoms with Gasteiger partial charge in [-0.2, -0.15) is 18.3 Å². The number of nitrogens with zero attached hydrogens (tertiary/aromatic N) is 4. The van der Waals surface area contributed by atoms with E-state index in [1.807, 2.05) is 0 Å². The first-order chi connectivity index (χ1) is 13.1. The van der Waals surface area contributed by atoms with Crippen molar-refractivity contribution < 1.29 is 22.4 Å². The van der Waals surface area contributed by atoms with Gasteiger partial charge < -0.3 is 5.32 Å². The lowest BCUT2D eigenvalue weighted by molar-refractivity contribution is -0.138. The molecule has 12 heteroatoms. The Kier molecular flexibility index (Phi) is 5.24. The van der Waals surface area contributed by atoms with Crippen molar-refractivity contribution in [1.29, 1.82) is 0 Å².